The molecule has 1 aromatic heterocycles. The quantitative estimate of drug-likeness (QED) is 0.520. The van der Waals surface area contributed by atoms with Crippen LogP contribution in [0, 0.1) is 11.3 Å². The molecule has 1 amide bonds. The maximum Gasteiger partial charge on any atom is 0.252 e. The summed E-state index contributed by atoms with van der Waals surface area (Å²) in [5.74, 6) is 0.221. The molecule has 2 aromatic rings. The first-order chi connectivity index (χ1) is 12.8. The number of rotatable bonds is 5. The highest BCUT2D eigenvalue weighted by molar-refractivity contribution is 7.16. The number of nitrogens with one attached hydrogen (secondary N) is 2. The van der Waals surface area contributed by atoms with Gasteiger partial charge in [0.25, 0.3) is 5.91 Å². The van der Waals surface area contributed by atoms with Gasteiger partial charge in [-0.15, -0.1) is 11.3 Å². The van der Waals surface area contributed by atoms with Crippen molar-refractivity contribution in [3.63, 3.8) is 0 Å². The molecule has 27 heavy (non-hydrogen) atoms. The van der Waals surface area contributed by atoms with E-state index in [2.05, 4.69) is 16.7 Å². The summed E-state index contributed by atoms with van der Waals surface area (Å²) >= 11 is 19.7. The fourth-order valence-corrected chi connectivity index (χ4v) is 4.51. The Morgan fingerprint density at radius 2 is 2.00 bits per heavy atom. The Labute approximate surface area is 176 Å². The number of anilines is 1. The van der Waals surface area contributed by atoms with E-state index >= 15 is 0 Å². The highest BCUT2D eigenvalue weighted by Crippen LogP contribution is 2.40. The number of hydrogen-bond donors (Lipinski definition) is 2. The molecule has 0 bridgehead atoms. The third-order valence-electron chi connectivity index (χ3n) is 4.26. The van der Waals surface area contributed by atoms with Gasteiger partial charge >= 0.3 is 0 Å². The van der Waals surface area contributed by atoms with Gasteiger partial charge in [-0.1, -0.05) is 34.8 Å². The largest absolute Gasteiger partial charge is 0.497 e. The van der Waals surface area contributed by atoms with Crippen molar-refractivity contribution in [3.8, 4) is 11.8 Å². The summed E-state index contributed by atoms with van der Waals surface area (Å²) in [5.41, 5.74) is 2.01. The van der Waals surface area contributed by atoms with Crippen LogP contribution in [0.1, 0.15) is 32.8 Å². The predicted octanol–water partition coefficient (Wildman–Crippen LogP) is 4.66. The SMILES string of the molecule is COc1ccc(C(=O)N[C@@H](Nc2sc3c(c2C#N)CCC3)C(Cl)(Cl)Cl)cc1. The monoisotopic (exact) mass is 443 g/mol. The summed E-state index contributed by atoms with van der Waals surface area (Å²) in [6.07, 6.45) is 1.83. The minimum atomic E-state index is -1.82. The van der Waals surface area contributed by atoms with Crippen molar-refractivity contribution in [2.24, 2.45) is 0 Å². The summed E-state index contributed by atoms with van der Waals surface area (Å²) in [6.45, 7) is 0. The number of benzene rings is 1. The fourth-order valence-electron chi connectivity index (χ4n) is 2.91. The second kappa shape index (κ2) is 8.15. The average molecular weight is 445 g/mol. The Morgan fingerprint density at radius 3 is 2.59 bits per heavy atom. The van der Waals surface area contributed by atoms with Gasteiger partial charge < -0.3 is 15.4 Å². The normalized spacial score (nSPS) is 14.2. The molecule has 3 rings (SSSR count). The van der Waals surface area contributed by atoms with Gasteiger partial charge in [-0.2, -0.15) is 5.26 Å². The van der Waals surface area contributed by atoms with Crippen LogP contribution in [-0.2, 0) is 12.8 Å². The molecule has 0 radical (unpaired) electrons. The van der Waals surface area contributed by atoms with E-state index in [0.717, 1.165) is 24.8 Å². The zero-order chi connectivity index (χ0) is 19.6. The Balaban J connectivity index is 1.81. The first-order valence-corrected chi connectivity index (χ1v) is 10.1. The Morgan fingerprint density at radius 1 is 1.30 bits per heavy atom. The molecule has 0 saturated carbocycles. The summed E-state index contributed by atoms with van der Waals surface area (Å²) in [4.78, 5) is 13.7. The molecule has 2 N–H and O–H groups in total. The standard InChI is InChI=1S/C18H16Cl3N3O2S/c1-26-11-7-5-10(6-8-11)15(25)23-17(18(19,20)21)24-16-13(9-22)12-3-2-4-14(12)27-16/h5-8,17,24H,2-4H2,1H3,(H,23,25)/t17-/m0/s1. The van der Waals surface area contributed by atoms with Crippen molar-refractivity contribution in [2.45, 2.75) is 29.2 Å². The highest BCUT2D eigenvalue weighted by atomic mass is 35.6. The molecule has 0 spiro atoms. The number of fused-ring (bicyclic) bond motifs is 1. The lowest BCUT2D eigenvalue weighted by Gasteiger charge is -2.27. The molecule has 5 nitrogen and oxygen atoms in total. The first-order valence-electron chi connectivity index (χ1n) is 8.16. The highest BCUT2D eigenvalue weighted by Gasteiger charge is 2.36. The fraction of sp³-hybridized carbons (Fsp3) is 0.333. The number of thiophene rings is 1. The summed E-state index contributed by atoms with van der Waals surface area (Å²) in [6, 6.07) is 8.79. The van der Waals surface area contributed by atoms with Gasteiger partial charge in [0, 0.05) is 10.4 Å². The molecule has 0 fully saturated rings. The molecule has 9 heteroatoms. The summed E-state index contributed by atoms with van der Waals surface area (Å²) in [7, 11) is 1.54. The molecule has 1 heterocycles. The van der Waals surface area contributed by atoms with Crippen LogP contribution >= 0.6 is 46.1 Å². The van der Waals surface area contributed by atoms with E-state index in [4.69, 9.17) is 39.5 Å². The minimum Gasteiger partial charge on any atom is -0.497 e. The molecule has 1 atom stereocenters. The number of nitrogens with zero attached hydrogens (tertiary/aromatic N) is 1. The third-order valence-corrected chi connectivity index (χ3v) is 6.14. The Kier molecular flexibility index (Phi) is 6.07. The summed E-state index contributed by atoms with van der Waals surface area (Å²) in [5, 5.41) is 15.8. The Bertz CT molecular complexity index is 885. The lowest BCUT2D eigenvalue weighted by atomic mass is 10.1. The molecule has 1 aliphatic carbocycles. The van der Waals surface area contributed by atoms with Gasteiger partial charge in [0.15, 0.2) is 0 Å². The lowest BCUT2D eigenvalue weighted by molar-refractivity contribution is 0.0942. The predicted molar refractivity (Wildman–Crippen MR) is 109 cm³/mol. The third kappa shape index (κ3) is 4.44. The van der Waals surface area contributed by atoms with Crippen LogP contribution < -0.4 is 15.4 Å². The molecular weight excluding hydrogens is 429 g/mol. The number of carbonyl (C=O) groups excluding carboxylic acids is 1. The number of hydrogen-bond acceptors (Lipinski definition) is 5. The van der Waals surface area contributed by atoms with Crippen LogP contribution in [0.2, 0.25) is 0 Å². The van der Waals surface area contributed by atoms with Crippen LogP contribution in [0.15, 0.2) is 24.3 Å². The topological polar surface area (TPSA) is 74.2 Å². The van der Waals surface area contributed by atoms with E-state index < -0.39 is 15.9 Å². The second-order valence-electron chi connectivity index (χ2n) is 5.99. The zero-order valence-electron chi connectivity index (χ0n) is 14.3. The molecular formula is C18H16Cl3N3O2S. The number of ether oxygens (including phenoxy) is 1. The van der Waals surface area contributed by atoms with Gasteiger partial charge in [-0.3, -0.25) is 4.79 Å². The van der Waals surface area contributed by atoms with E-state index in [-0.39, 0.29) is 0 Å². The number of carbonyl (C=O) groups is 1. The molecule has 1 aliphatic rings. The van der Waals surface area contributed by atoms with Crippen LogP contribution in [0.4, 0.5) is 5.00 Å². The molecule has 1 aromatic carbocycles. The minimum absolute atomic E-state index is 0.394. The van der Waals surface area contributed by atoms with E-state index in [9.17, 15) is 10.1 Å². The van der Waals surface area contributed by atoms with Gasteiger partial charge in [0.2, 0.25) is 3.79 Å². The molecule has 0 aliphatic heterocycles. The number of halogens is 3. The van der Waals surface area contributed by atoms with Gasteiger partial charge in [-0.25, -0.2) is 0 Å². The van der Waals surface area contributed by atoms with Gasteiger partial charge in [0.05, 0.1) is 12.7 Å². The number of nitriles is 1. The van der Waals surface area contributed by atoms with Crippen molar-refractivity contribution in [2.75, 3.05) is 12.4 Å². The number of methoxy groups -OCH3 is 1. The van der Waals surface area contributed by atoms with Crippen molar-refractivity contribution < 1.29 is 9.53 Å². The smallest absolute Gasteiger partial charge is 0.252 e. The van der Waals surface area contributed by atoms with Crippen molar-refractivity contribution in [1.82, 2.24) is 5.32 Å². The van der Waals surface area contributed by atoms with E-state index in [1.165, 1.54) is 16.2 Å². The average Bonchev–Trinajstić information content (AvgIpc) is 3.20. The van der Waals surface area contributed by atoms with Crippen LogP contribution in [-0.4, -0.2) is 23.0 Å². The zero-order valence-corrected chi connectivity index (χ0v) is 17.4. The molecule has 0 saturated heterocycles. The van der Waals surface area contributed by atoms with Gasteiger partial charge in [0.1, 0.15) is 23.0 Å². The van der Waals surface area contributed by atoms with E-state index in [1.807, 2.05) is 0 Å². The van der Waals surface area contributed by atoms with Crippen molar-refractivity contribution in [1.29, 1.82) is 5.26 Å². The first kappa shape index (κ1) is 20.1. The molecule has 142 valence electrons. The van der Waals surface area contributed by atoms with Crippen LogP contribution in [0.25, 0.3) is 0 Å². The maximum atomic E-state index is 12.6. The second-order valence-corrected chi connectivity index (χ2v) is 9.47. The maximum absolute atomic E-state index is 12.6. The number of amides is 1. The Hall–Kier alpha value is -1.65. The van der Waals surface area contributed by atoms with Gasteiger partial charge in [-0.05, 0) is 49.1 Å². The van der Waals surface area contributed by atoms with Crippen molar-refractivity contribution in [3.05, 3.63) is 45.8 Å². The van der Waals surface area contributed by atoms with E-state index in [1.54, 1.807) is 31.4 Å². The summed E-state index contributed by atoms with van der Waals surface area (Å²) < 4.78 is 3.27. The van der Waals surface area contributed by atoms with Crippen LogP contribution in [0.5, 0.6) is 5.75 Å². The lowest BCUT2D eigenvalue weighted by Crippen LogP contribution is -2.49. The van der Waals surface area contributed by atoms with Crippen LogP contribution in [0.3, 0.4) is 0 Å². The molecule has 0 unspecified atom stereocenters. The van der Waals surface area contributed by atoms with Crippen molar-refractivity contribution >= 4 is 57.0 Å². The number of aryl methyl sites for hydroxylation is 1. The van der Waals surface area contributed by atoms with E-state index in [0.29, 0.717) is 21.9 Å². The number of alkyl halides is 3.